The molecule has 1 aromatic heterocycles. The van der Waals surface area contributed by atoms with Crippen LogP contribution in [0.15, 0.2) is 18.3 Å². The summed E-state index contributed by atoms with van der Waals surface area (Å²) in [7, 11) is 0. The maximum Gasteiger partial charge on any atom is 0.129 e. The third kappa shape index (κ3) is 3.11. The van der Waals surface area contributed by atoms with E-state index in [1.165, 1.54) is 32.1 Å². The molecule has 0 spiro atoms. The molecule has 0 bridgehead atoms. The van der Waals surface area contributed by atoms with Gasteiger partial charge in [0, 0.05) is 6.04 Å². The van der Waals surface area contributed by atoms with E-state index in [9.17, 15) is 0 Å². The Morgan fingerprint density at radius 3 is 2.62 bits per heavy atom. The van der Waals surface area contributed by atoms with Crippen LogP contribution in [-0.2, 0) is 0 Å². The summed E-state index contributed by atoms with van der Waals surface area (Å²) >= 11 is 5.75. The standard InChI is InChI=1S/C13H19ClN2/c1-2-10-3-5-11(6-4-10)16-12-7-8-13(14)15-9-12/h7-11,16H,2-6H2,1H3. The van der Waals surface area contributed by atoms with Gasteiger partial charge in [0.05, 0.1) is 11.9 Å². The first-order chi connectivity index (χ1) is 7.78. The summed E-state index contributed by atoms with van der Waals surface area (Å²) in [5, 5.41) is 4.09. The van der Waals surface area contributed by atoms with Gasteiger partial charge in [0.15, 0.2) is 0 Å². The summed E-state index contributed by atoms with van der Waals surface area (Å²) in [6, 6.07) is 4.45. The van der Waals surface area contributed by atoms with Crippen molar-refractivity contribution < 1.29 is 0 Å². The minimum atomic E-state index is 0.556. The van der Waals surface area contributed by atoms with Crippen molar-refractivity contribution in [1.29, 1.82) is 0 Å². The zero-order chi connectivity index (χ0) is 11.4. The van der Waals surface area contributed by atoms with E-state index in [4.69, 9.17) is 11.6 Å². The van der Waals surface area contributed by atoms with Gasteiger partial charge in [0.1, 0.15) is 5.15 Å². The van der Waals surface area contributed by atoms with Crippen molar-refractivity contribution in [2.75, 3.05) is 5.32 Å². The first-order valence-corrected chi connectivity index (χ1v) is 6.54. The Labute approximate surface area is 102 Å². The van der Waals surface area contributed by atoms with Crippen molar-refractivity contribution in [2.45, 2.75) is 45.1 Å². The average Bonchev–Trinajstić information content (AvgIpc) is 2.33. The Morgan fingerprint density at radius 2 is 2.06 bits per heavy atom. The van der Waals surface area contributed by atoms with Crippen LogP contribution in [0.3, 0.4) is 0 Å². The second kappa shape index (κ2) is 5.53. The van der Waals surface area contributed by atoms with E-state index in [1.54, 1.807) is 0 Å². The van der Waals surface area contributed by atoms with Crippen molar-refractivity contribution in [3.05, 3.63) is 23.5 Å². The minimum Gasteiger partial charge on any atom is -0.381 e. The molecule has 1 aliphatic carbocycles. The number of hydrogen-bond acceptors (Lipinski definition) is 2. The highest BCUT2D eigenvalue weighted by Gasteiger charge is 2.19. The number of hydrogen-bond donors (Lipinski definition) is 1. The molecule has 1 fully saturated rings. The lowest BCUT2D eigenvalue weighted by molar-refractivity contribution is 0.330. The van der Waals surface area contributed by atoms with Gasteiger partial charge in [0.25, 0.3) is 0 Å². The van der Waals surface area contributed by atoms with E-state index < -0.39 is 0 Å². The molecule has 1 aromatic rings. The van der Waals surface area contributed by atoms with E-state index in [-0.39, 0.29) is 0 Å². The van der Waals surface area contributed by atoms with Crippen LogP contribution in [0.4, 0.5) is 5.69 Å². The number of aromatic nitrogens is 1. The smallest absolute Gasteiger partial charge is 0.129 e. The van der Waals surface area contributed by atoms with Gasteiger partial charge in [-0.15, -0.1) is 0 Å². The van der Waals surface area contributed by atoms with E-state index in [0.29, 0.717) is 11.2 Å². The Balaban J connectivity index is 1.84. The fraction of sp³-hybridized carbons (Fsp3) is 0.615. The fourth-order valence-electron chi connectivity index (χ4n) is 2.41. The number of anilines is 1. The van der Waals surface area contributed by atoms with Crippen LogP contribution in [-0.4, -0.2) is 11.0 Å². The highest BCUT2D eigenvalue weighted by atomic mass is 35.5. The summed E-state index contributed by atoms with van der Waals surface area (Å²) in [4.78, 5) is 4.08. The molecular formula is C13H19ClN2. The molecule has 0 radical (unpaired) electrons. The third-order valence-corrected chi connectivity index (χ3v) is 3.75. The Bertz CT molecular complexity index is 315. The first-order valence-electron chi connectivity index (χ1n) is 6.16. The maximum absolute atomic E-state index is 5.75. The van der Waals surface area contributed by atoms with Crippen LogP contribution in [0.1, 0.15) is 39.0 Å². The second-order valence-corrected chi connectivity index (χ2v) is 5.03. The molecule has 1 aliphatic rings. The van der Waals surface area contributed by atoms with E-state index >= 15 is 0 Å². The average molecular weight is 239 g/mol. The molecule has 1 N–H and O–H groups in total. The van der Waals surface area contributed by atoms with Crippen molar-refractivity contribution in [1.82, 2.24) is 4.98 Å². The molecule has 2 nitrogen and oxygen atoms in total. The summed E-state index contributed by atoms with van der Waals surface area (Å²) in [5.41, 5.74) is 1.09. The summed E-state index contributed by atoms with van der Waals surface area (Å²) < 4.78 is 0. The Morgan fingerprint density at radius 1 is 1.31 bits per heavy atom. The molecule has 1 heterocycles. The molecule has 0 atom stereocenters. The van der Waals surface area contributed by atoms with E-state index in [2.05, 4.69) is 17.2 Å². The molecule has 88 valence electrons. The lowest BCUT2D eigenvalue weighted by Gasteiger charge is -2.29. The van der Waals surface area contributed by atoms with Gasteiger partial charge in [0.2, 0.25) is 0 Å². The van der Waals surface area contributed by atoms with Gasteiger partial charge in [-0.25, -0.2) is 4.98 Å². The van der Waals surface area contributed by atoms with Crippen LogP contribution in [0.5, 0.6) is 0 Å². The van der Waals surface area contributed by atoms with Gasteiger partial charge < -0.3 is 5.32 Å². The Hall–Kier alpha value is -0.760. The summed E-state index contributed by atoms with van der Waals surface area (Å²) in [5.74, 6) is 0.946. The normalized spacial score (nSPS) is 25.4. The highest BCUT2D eigenvalue weighted by molar-refractivity contribution is 6.29. The van der Waals surface area contributed by atoms with Gasteiger partial charge in [-0.05, 0) is 43.7 Å². The molecule has 0 aromatic carbocycles. The monoisotopic (exact) mass is 238 g/mol. The number of rotatable bonds is 3. The van der Waals surface area contributed by atoms with Gasteiger partial charge >= 0.3 is 0 Å². The lowest BCUT2D eigenvalue weighted by Crippen LogP contribution is -2.25. The molecule has 0 aliphatic heterocycles. The summed E-state index contributed by atoms with van der Waals surface area (Å²) in [6.07, 6.45) is 8.41. The largest absolute Gasteiger partial charge is 0.381 e. The topological polar surface area (TPSA) is 24.9 Å². The second-order valence-electron chi connectivity index (χ2n) is 4.64. The van der Waals surface area contributed by atoms with Crippen molar-refractivity contribution >= 4 is 17.3 Å². The van der Waals surface area contributed by atoms with Crippen molar-refractivity contribution in [3.8, 4) is 0 Å². The van der Waals surface area contributed by atoms with Crippen LogP contribution >= 0.6 is 11.6 Å². The molecule has 1 saturated carbocycles. The maximum atomic E-state index is 5.75. The molecule has 0 unspecified atom stereocenters. The van der Waals surface area contributed by atoms with Crippen LogP contribution in [0.25, 0.3) is 0 Å². The van der Waals surface area contributed by atoms with E-state index in [0.717, 1.165) is 11.6 Å². The number of pyridine rings is 1. The van der Waals surface area contributed by atoms with Gasteiger partial charge in [-0.3, -0.25) is 0 Å². The predicted molar refractivity (Wildman–Crippen MR) is 68.9 cm³/mol. The lowest BCUT2D eigenvalue weighted by atomic mass is 9.84. The molecule has 3 heteroatoms. The van der Waals surface area contributed by atoms with E-state index in [1.807, 2.05) is 18.3 Å². The number of nitrogens with zero attached hydrogens (tertiary/aromatic N) is 1. The molecule has 2 rings (SSSR count). The first kappa shape index (κ1) is 11.7. The molecule has 0 amide bonds. The Kier molecular flexibility index (Phi) is 4.05. The minimum absolute atomic E-state index is 0.556. The summed E-state index contributed by atoms with van der Waals surface area (Å²) in [6.45, 7) is 2.29. The van der Waals surface area contributed by atoms with Gasteiger partial charge in [-0.1, -0.05) is 24.9 Å². The zero-order valence-electron chi connectivity index (χ0n) is 9.75. The zero-order valence-corrected chi connectivity index (χ0v) is 10.5. The van der Waals surface area contributed by atoms with Crippen LogP contribution < -0.4 is 5.32 Å². The molecular weight excluding hydrogens is 220 g/mol. The SMILES string of the molecule is CCC1CCC(Nc2ccc(Cl)nc2)CC1. The van der Waals surface area contributed by atoms with Crippen molar-refractivity contribution in [3.63, 3.8) is 0 Å². The quantitative estimate of drug-likeness (QED) is 0.802. The molecule has 0 saturated heterocycles. The van der Waals surface area contributed by atoms with Crippen molar-refractivity contribution in [2.24, 2.45) is 5.92 Å². The predicted octanol–water partition coefficient (Wildman–Crippen LogP) is 4.12. The van der Waals surface area contributed by atoms with Crippen LogP contribution in [0.2, 0.25) is 5.15 Å². The number of nitrogens with one attached hydrogen (secondary N) is 1. The molecule has 16 heavy (non-hydrogen) atoms. The third-order valence-electron chi connectivity index (χ3n) is 3.52. The number of halogens is 1. The highest BCUT2D eigenvalue weighted by Crippen LogP contribution is 2.28. The van der Waals surface area contributed by atoms with Crippen LogP contribution in [0, 0.1) is 5.92 Å². The fourth-order valence-corrected chi connectivity index (χ4v) is 2.52. The van der Waals surface area contributed by atoms with Gasteiger partial charge in [-0.2, -0.15) is 0 Å².